The number of hydrogen-bond donors (Lipinski definition) is 1. The van der Waals surface area contributed by atoms with E-state index < -0.39 is 5.97 Å². The topological polar surface area (TPSA) is 80.9 Å². The second-order valence-electron chi connectivity index (χ2n) is 5.30. The molecule has 2 saturated carbocycles. The van der Waals surface area contributed by atoms with E-state index in [0.717, 1.165) is 25.1 Å². The lowest BCUT2D eigenvalue weighted by Crippen LogP contribution is -2.19. The van der Waals surface area contributed by atoms with Crippen LogP contribution in [0.15, 0.2) is 0 Å². The molecule has 0 bridgehead atoms. The van der Waals surface area contributed by atoms with E-state index in [4.69, 9.17) is 5.11 Å². The van der Waals surface area contributed by atoms with E-state index >= 15 is 0 Å². The molecule has 1 aromatic rings. The number of aromatic nitrogens is 4. The van der Waals surface area contributed by atoms with Crippen molar-refractivity contribution in [2.75, 3.05) is 0 Å². The van der Waals surface area contributed by atoms with Gasteiger partial charge in [0.05, 0.1) is 12.5 Å². The van der Waals surface area contributed by atoms with Crippen molar-refractivity contribution >= 4 is 5.97 Å². The van der Waals surface area contributed by atoms with Gasteiger partial charge in [0.2, 0.25) is 0 Å². The SMILES string of the molecule is CC1CC1c1nnnn1C(CC(=O)O)C1CC1. The van der Waals surface area contributed by atoms with Gasteiger partial charge < -0.3 is 5.11 Å². The van der Waals surface area contributed by atoms with Crippen LogP contribution in [0, 0.1) is 11.8 Å². The first-order valence-electron chi connectivity index (χ1n) is 6.16. The van der Waals surface area contributed by atoms with Gasteiger partial charge in [0, 0.05) is 5.92 Å². The van der Waals surface area contributed by atoms with Gasteiger partial charge in [0.15, 0.2) is 5.82 Å². The maximum absolute atomic E-state index is 10.9. The fourth-order valence-corrected chi connectivity index (χ4v) is 2.48. The van der Waals surface area contributed by atoms with E-state index in [1.54, 1.807) is 4.68 Å². The maximum Gasteiger partial charge on any atom is 0.305 e. The lowest BCUT2D eigenvalue weighted by atomic mass is 10.1. The first-order chi connectivity index (χ1) is 8.16. The zero-order valence-electron chi connectivity index (χ0n) is 9.78. The molecule has 6 nitrogen and oxygen atoms in total. The van der Waals surface area contributed by atoms with Crippen molar-refractivity contribution in [1.82, 2.24) is 20.2 Å². The summed E-state index contributed by atoms with van der Waals surface area (Å²) in [6.07, 6.45) is 3.43. The van der Waals surface area contributed by atoms with Gasteiger partial charge in [0.1, 0.15) is 0 Å². The van der Waals surface area contributed by atoms with Gasteiger partial charge in [-0.05, 0) is 41.5 Å². The number of carboxylic acids is 1. The van der Waals surface area contributed by atoms with Gasteiger partial charge in [-0.1, -0.05) is 6.92 Å². The van der Waals surface area contributed by atoms with Crippen molar-refractivity contribution in [1.29, 1.82) is 0 Å². The highest BCUT2D eigenvalue weighted by molar-refractivity contribution is 5.67. The average Bonchev–Trinajstić information content (AvgIpc) is 3.17. The summed E-state index contributed by atoms with van der Waals surface area (Å²) < 4.78 is 1.78. The Bertz CT molecular complexity index is 440. The van der Waals surface area contributed by atoms with Crippen LogP contribution in [0.3, 0.4) is 0 Å². The minimum absolute atomic E-state index is 0.0506. The molecule has 0 aliphatic heterocycles. The second-order valence-corrected chi connectivity index (χ2v) is 5.30. The van der Waals surface area contributed by atoms with Gasteiger partial charge in [-0.25, -0.2) is 4.68 Å². The third kappa shape index (κ3) is 2.03. The molecule has 0 spiro atoms. The molecule has 3 unspecified atom stereocenters. The van der Waals surface area contributed by atoms with E-state index in [1.807, 2.05) is 0 Å². The van der Waals surface area contributed by atoms with Crippen LogP contribution in [0.2, 0.25) is 0 Å². The first-order valence-corrected chi connectivity index (χ1v) is 6.16. The molecule has 2 aliphatic carbocycles. The fraction of sp³-hybridized carbons (Fsp3) is 0.818. The predicted octanol–water partition coefficient (Wildman–Crippen LogP) is 1.22. The van der Waals surface area contributed by atoms with Crippen molar-refractivity contribution in [2.24, 2.45) is 11.8 Å². The molecule has 0 aromatic carbocycles. The minimum atomic E-state index is -0.771. The van der Waals surface area contributed by atoms with E-state index in [1.165, 1.54) is 0 Å². The number of hydrogen-bond acceptors (Lipinski definition) is 4. The number of carboxylic acid groups (broad SMARTS) is 1. The Hall–Kier alpha value is -1.46. The van der Waals surface area contributed by atoms with E-state index in [-0.39, 0.29) is 12.5 Å². The lowest BCUT2D eigenvalue weighted by molar-refractivity contribution is -0.138. The zero-order valence-corrected chi connectivity index (χ0v) is 9.78. The van der Waals surface area contributed by atoms with Gasteiger partial charge in [-0.15, -0.1) is 5.10 Å². The Kier molecular flexibility index (Phi) is 2.38. The highest BCUT2D eigenvalue weighted by Crippen LogP contribution is 2.48. The van der Waals surface area contributed by atoms with Gasteiger partial charge in [0.25, 0.3) is 0 Å². The summed E-state index contributed by atoms with van der Waals surface area (Å²) in [7, 11) is 0. The van der Waals surface area contributed by atoms with Crippen LogP contribution in [-0.4, -0.2) is 31.3 Å². The third-order valence-electron chi connectivity index (χ3n) is 3.82. The van der Waals surface area contributed by atoms with Crippen LogP contribution in [0.1, 0.15) is 50.4 Å². The Morgan fingerprint density at radius 3 is 2.82 bits per heavy atom. The Labute approximate surface area is 99.0 Å². The number of carbonyl (C=O) groups is 1. The predicted molar refractivity (Wildman–Crippen MR) is 58.4 cm³/mol. The third-order valence-corrected chi connectivity index (χ3v) is 3.82. The molecule has 17 heavy (non-hydrogen) atoms. The summed E-state index contributed by atoms with van der Waals surface area (Å²) in [6, 6.07) is -0.0506. The molecule has 92 valence electrons. The number of rotatable bonds is 5. The summed E-state index contributed by atoms with van der Waals surface area (Å²) in [5, 5.41) is 20.8. The summed E-state index contributed by atoms with van der Waals surface area (Å²) >= 11 is 0. The molecule has 2 aliphatic rings. The molecule has 3 atom stereocenters. The Morgan fingerprint density at radius 1 is 1.59 bits per heavy atom. The van der Waals surface area contributed by atoms with Crippen LogP contribution in [0.4, 0.5) is 0 Å². The molecule has 2 fully saturated rings. The molecule has 1 heterocycles. The highest BCUT2D eigenvalue weighted by Gasteiger charge is 2.42. The smallest absolute Gasteiger partial charge is 0.305 e. The molecular formula is C11H16N4O2. The largest absolute Gasteiger partial charge is 0.481 e. The number of nitrogens with zero attached hydrogens (tertiary/aromatic N) is 4. The van der Waals surface area contributed by atoms with Crippen LogP contribution in [0.5, 0.6) is 0 Å². The molecule has 0 radical (unpaired) electrons. The van der Waals surface area contributed by atoms with Crippen LogP contribution < -0.4 is 0 Å². The van der Waals surface area contributed by atoms with Crippen molar-refractivity contribution in [2.45, 2.75) is 44.6 Å². The van der Waals surface area contributed by atoms with Crippen LogP contribution in [-0.2, 0) is 4.79 Å². The van der Waals surface area contributed by atoms with E-state index in [0.29, 0.717) is 17.8 Å². The Morgan fingerprint density at radius 2 is 2.29 bits per heavy atom. The molecule has 0 amide bonds. The van der Waals surface area contributed by atoms with Crippen molar-refractivity contribution < 1.29 is 9.90 Å². The molecule has 1 aromatic heterocycles. The summed E-state index contributed by atoms with van der Waals surface area (Å²) in [5.41, 5.74) is 0. The highest BCUT2D eigenvalue weighted by atomic mass is 16.4. The van der Waals surface area contributed by atoms with E-state index in [9.17, 15) is 4.79 Å². The van der Waals surface area contributed by atoms with Crippen molar-refractivity contribution in [3.8, 4) is 0 Å². The zero-order chi connectivity index (χ0) is 12.0. The summed E-state index contributed by atoms with van der Waals surface area (Å²) in [4.78, 5) is 10.9. The number of tetrazole rings is 1. The van der Waals surface area contributed by atoms with Crippen molar-refractivity contribution in [3.05, 3.63) is 5.82 Å². The molecule has 6 heteroatoms. The van der Waals surface area contributed by atoms with Crippen LogP contribution >= 0.6 is 0 Å². The minimum Gasteiger partial charge on any atom is -0.481 e. The summed E-state index contributed by atoms with van der Waals surface area (Å²) in [5.74, 6) is 1.62. The number of aliphatic carboxylic acids is 1. The molecule has 3 rings (SSSR count). The monoisotopic (exact) mass is 236 g/mol. The molecule has 0 saturated heterocycles. The van der Waals surface area contributed by atoms with E-state index in [2.05, 4.69) is 22.4 Å². The maximum atomic E-state index is 10.9. The van der Waals surface area contributed by atoms with Crippen molar-refractivity contribution in [3.63, 3.8) is 0 Å². The van der Waals surface area contributed by atoms with Gasteiger partial charge in [-0.3, -0.25) is 4.79 Å². The quantitative estimate of drug-likeness (QED) is 0.831. The second kappa shape index (κ2) is 3.78. The van der Waals surface area contributed by atoms with Gasteiger partial charge in [-0.2, -0.15) is 0 Å². The standard InChI is InChI=1S/C11H16N4O2/c1-6-4-8(6)11-12-13-14-15(11)9(5-10(16)17)7-2-3-7/h6-9H,2-5H2,1H3,(H,16,17). The molecular weight excluding hydrogens is 220 g/mol. The first kappa shape index (κ1) is 10.7. The normalized spacial score (nSPS) is 29.0. The molecule has 1 N–H and O–H groups in total. The fourth-order valence-electron chi connectivity index (χ4n) is 2.48. The van der Waals surface area contributed by atoms with Gasteiger partial charge >= 0.3 is 5.97 Å². The Balaban J connectivity index is 1.85. The van der Waals surface area contributed by atoms with Crippen LogP contribution in [0.25, 0.3) is 0 Å². The summed E-state index contributed by atoms with van der Waals surface area (Å²) in [6.45, 7) is 2.17. The average molecular weight is 236 g/mol. The lowest BCUT2D eigenvalue weighted by Gasteiger charge is -2.15.